The molecule has 1 fully saturated rings. The molecule has 0 aromatic heterocycles. The smallest absolute Gasteiger partial charge is 0.0769 e. The van der Waals surface area contributed by atoms with Crippen LogP contribution >= 0.6 is 0 Å². The molecular weight excluding hydrogens is 220 g/mol. The summed E-state index contributed by atoms with van der Waals surface area (Å²) < 4.78 is 5.95. The molecule has 0 amide bonds. The van der Waals surface area contributed by atoms with E-state index in [0.717, 1.165) is 12.8 Å². The number of aryl methyl sites for hydroxylation is 1. The second kappa shape index (κ2) is 6.01. The van der Waals surface area contributed by atoms with Crippen LogP contribution in [0.2, 0.25) is 0 Å². The van der Waals surface area contributed by atoms with E-state index in [1.54, 1.807) is 0 Å². The van der Waals surface area contributed by atoms with Crippen LogP contribution in [0, 0.1) is 12.8 Å². The van der Waals surface area contributed by atoms with Gasteiger partial charge in [-0.1, -0.05) is 55.0 Å². The summed E-state index contributed by atoms with van der Waals surface area (Å²) in [7, 11) is 0. The van der Waals surface area contributed by atoms with Crippen LogP contribution in [0.5, 0.6) is 0 Å². The monoisotopic (exact) mass is 242 g/mol. The summed E-state index contributed by atoms with van der Waals surface area (Å²) in [6, 6.07) is 8.55. The highest BCUT2D eigenvalue weighted by molar-refractivity contribution is 5.50. The molecular formula is C17H22O. The second-order valence-electron chi connectivity index (χ2n) is 5.30. The van der Waals surface area contributed by atoms with Crippen molar-refractivity contribution in [3.8, 4) is 0 Å². The van der Waals surface area contributed by atoms with Crippen LogP contribution in [-0.2, 0) is 4.74 Å². The van der Waals surface area contributed by atoms with Crippen molar-refractivity contribution >= 4 is 6.08 Å². The van der Waals surface area contributed by atoms with Gasteiger partial charge < -0.3 is 4.74 Å². The number of hydrogen-bond acceptors (Lipinski definition) is 1. The first kappa shape index (κ1) is 13.1. The zero-order valence-electron chi connectivity index (χ0n) is 11.3. The van der Waals surface area contributed by atoms with Crippen LogP contribution in [0.15, 0.2) is 43.0 Å². The summed E-state index contributed by atoms with van der Waals surface area (Å²) >= 11 is 0. The molecule has 0 radical (unpaired) electrons. The first-order valence-electron chi connectivity index (χ1n) is 6.70. The minimum atomic E-state index is 0.210. The lowest BCUT2D eigenvalue weighted by Gasteiger charge is -2.30. The summed E-state index contributed by atoms with van der Waals surface area (Å²) in [4.78, 5) is 0. The maximum atomic E-state index is 5.95. The lowest BCUT2D eigenvalue weighted by molar-refractivity contribution is -0.0183. The van der Waals surface area contributed by atoms with Gasteiger partial charge in [0.1, 0.15) is 0 Å². The summed E-state index contributed by atoms with van der Waals surface area (Å²) in [6.45, 7) is 8.22. The third kappa shape index (κ3) is 3.58. The Balaban J connectivity index is 1.99. The minimum absolute atomic E-state index is 0.210. The number of rotatable bonds is 3. The molecule has 96 valence electrons. The van der Waals surface area contributed by atoms with Crippen LogP contribution in [0.4, 0.5) is 0 Å². The molecule has 0 spiro atoms. The molecule has 0 N–H and O–H groups in total. The Morgan fingerprint density at radius 3 is 2.50 bits per heavy atom. The molecule has 18 heavy (non-hydrogen) atoms. The van der Waals surface area contributed by atoms with E-state index in [1.165, 1.54) is 11.1 Å². The molecule has 0 bridgehead atoms. The molecule has 0 saturated carbocycles. The Kier molecular flexibility index (Phi) is 4.38. The van der Waals surface area contributed by atoms with Gasteiger partial charge in [0.2, 0.25) is 0 Å². The topological polar surface area (TPSA) is 9.23 Å². The predicted octanol–water partition coefficient (Wildman–Crippen LogP) is 4.38. The quantitative estimate of drug-likeness (QED) is 0.715. The molecule has 3 atom stereocenters. The van der Waals surface area contributed by atoms with Crippen molar-refractivity contribution in [3.63, 3.8) is 0 Å². The summed E-state index contributed by atoms with van der Waals surface area (Å²) in [5.74, 6) is 0.703. The van der Waals surface area contributed by atoms with E-state index in [-0.39, 0.29) is 12.2 Å². The Hall–Kier alpha value is -1.34. The van der Waals surface area contributed by atoms with Crippen molar-refractivity contribution in [2.75, 3.05) is 0 Å². The lowest BCUT2D eigenvalue weighted by Crippen LogP contribution is -2.29. The molecule has 0 unspecified atom stereocenters. The Labute approximate surface area is 110 Å². The first-order valence-corrected chi connectivity index (χ1v) is 6.70. The van der Waals surface area contributed by atoms with Crippen molar-refractivity contribution in [1.82, 2.24) is 0 Å². The van der Waals surface area contributed by atoms with Crippen LogP contribution in [0.3, 0.4) is 0 Å². The molecule has 1 aliphatic rings. The number of hydrogen-bond donors (Lipinski definition) is 0. The van der Waals surface area contributed by atoms with Crippen molar-refractivity contribution < 1.29 is 4.74 Å². The maximum Gasteiger partial charge on any atom is 0.0769 e. The lowest BCUT2D eigenvalue weighted by atomic mass is 9.93. The highest BCUT2D eigenvalue weighted by Gasteiger charge is 2.23. The molecule has 1 heteroatoms. The van der Waals surface area contributed by atoms with Gasteiger partial charge in [0.15, 0.2) is 0 Å². The van der Waals surface area contributed by atoms with Crippen molar-refractivity contribution in [2.24, 2.45) is 5.92 Å². The molecule has 0 aliphatic carbocycles. The van der Waals surface area contributed by atoms with Crippen molar-refractivity contribution in [2.45, 2.75) is 38.9 Å². The van der Waals surface area contributed by atoms with Crippen LogP contribution in [-0.4, -0.2) is 12.2 Å². The van der Waals surface area contributed by atoms with E-state index < -0.39 is 0 Å². The zero-order valence-corrected chi connectivity index (χ0v) is 11.3. The van der Waals surface area contributed by atoms with E-state index in [2.05, 4.69) is 56.8 Å². The van der Waals surface area contributed by atoms with Gasteiger partial charge in [0.05, 0.1) is 12.2 Å². The largest absolute Gasteiger partial charge is 0.367 e. The van der Waals surface area contributed by atoms with E-state index in [4.69, 9.17) is 4.74 Å². The number of ether oxygens (including phenoxy) is 1. The molecule has 1 aromatic rings. The van der Waals surface area contributed by atoms with E-state index in [1.807, 2.05) is 6.08 Å². The molecule has 1 aromatic carbocycles. The normalized spacial score (nSPS) is 28.4. The highest BCUT2D eigenvalue weighted by atomic mass is 16.5. The first-order chi connectivity index (χ1) is 8.67. The van der Waals surface area contributed by atoms with E-state index in [9.17, 15) is 0 Å². The standard InChI is InChI=1S/C17H22O/c1-4-16-11-14(3)12-17(18-16)10-9-15-7-5-13(2)6-8-15/h4-10,14,16-17H,1,11-12H2,2-3H3/b10-9-/t14-,16-,17+/m0/s1. The Bertz CT molecular complexity index is 416. The van der Waals surface area contributed by atoms with Crippen LogP contribution in [0.1, 0.15) is 30.9 Å². The minimum Gasteiger partial charge on any atom is -0.367 e. The fourth-order valence-electron chi connectivity index (χ4n) is 2.40. The molecule has 1 aliphatic heterocycles. The Morgan fingerprint density at radius 1 is 1.17 bits per heavy atom. The van der Waals surface area contributed by atoms with Gasteiger partial charge in [-0.25, -0.2) is 0 Å². The average molecular weight is 242 g/mol. The summed E-state index contributed by atoms with van der Waals surface area (Å²) in [6.07, 6.45) is 8.88. The van der Waals surface area contributed by atoms with Gasteiger partial charge >= 0.3 is 0 Å². The van der Waals surface area contributed by atoms with Crippen molar-refractivity contribution in [1.29, 1.82) is 0 Å². The van der Waals surface area contributed by atoms with Crippen LogP contribution < -0.4 is 0 Å². The maximum absolute atomic E-state index is 5.95. The SMILES string of the molecule is C=C[C@H]1C[C@H](C)C[C@@H](/C=C\c2ccc(C)cc2)O1. The van der Waals surface area contributed by atoms with Gasteiger partial charge in [0.25, 0.3) is 0 Å². The second-order valence-corrected chi connectivity index (χ2v) is 5.30. The Morgan fingerprint density at radius 2 is 1.83 bits per heavy atom. The number of benzene rings is 1. The molecule has 1 nitrogen and oxygen atoms in total. The highest BCUT2D eigenvalue weighted by Crippen LogP contribution is 2.26. The van der Waals surface area contributed by atoms with Gasteiger partial charge in [-0.05, 0) is 31.2 Å². The van der Waals surface area contributed by atoms with Crippen LogP contribution in [0.25, 0.3) is 6.08 Å². The molecule has 1 saturated heterocycles. The van der Waals surface area contributed by atoms with Crippen molar-refractivity contribution in [3.05, 3.63) is 54.1 Å². The van der Waals surface area contributed by atoms with Gasteiger partial charge in [-0.15, -0.1) is 6.58 Å². The average Bonchev–Trinajstić information content (AvgIpc) is 2.37. The fraction of sp³-hybridized carbons (Fsp3) is 0.412. The third-order valence-corrected chi connectivity index (χ3v) is 3.46. The van der Waals surface area contributed by atoms with Gasteiger partial charge in [0, 0.05) is 0 Å². The molecule has 1 heterocycles. The summed E-state index contributed by atoms with van der Waals surface area (Å²) in [5, 5.41) is 0. The fourth-order valence-corrected chi connectivity index (χ4v) is 2.40. The predicted molar refractivity (Wildman–Crippen MR) is 77.5 cm³/mol. The van der Waals surface area contributed by atoms with E-state index in [0.29, 0.717) is 5.92 Å². The van der Waals surface area contributed by atoms with E-state index >= 15 is 0 Å². The third-order valence-electron chi connectivity index (χ3n) is 3.46. The van der Waals surface area contributed by atoms with Gasteiger partial charge in [-0.2, -0.15) is 0 Å². The molecule has 2 rings (SSSR count). The summed E-state index contributed by atoms with van der Waals surface area (Å²) in [5.41, 5.74) is 2.53. The van der Waals surface area contributed by atoms with Gasteiger partial charge in [-0.3, -0.25) is 0 Å². The zero-order chi connectivity index (χ0) is 13.0.